The number of amides is 1. The molecule has 0 atom stereocenters. The van der Waals surface area contributed by atoms with Gasteiger partial charge in [0.15, 0.2) is 0 Å². The second kappa shape index (κ2) is 6.82. The lowest BCUT2D eigenvalue weighted by Gasteiger charge is -2.18. The number of alkyl halides is 3. The van der Waals surface area contributed by atoms with E-state index in [2.05, 4.69) is 4.74 Å². The van der Waals surface area contributed by atoms with E-state index in [1.807, 2.05) is 0 Å². The monoisotopic (exact) mass is 339 g/mol. The van der Waals surface area contributed by atoms with Crippen molar-refractivity contribution in [3.05, 3.63) is 59.2 Å². The third-order valence-corrected chi connectivity index (χ3v) is 3.32. The average molecular weight is 339 g/mol. The van der Waals surface area contributed by atoms with Gasteiger partial charge in [-0.25, -0.2) is 0 Å². The minimum Gasteiger partial charge on any atom is -0.508 e. The highest BCUT2D eigenvalue weighted by Gasteiger charge is 2.31. The summed E-state index contributed by atoms with van der Waals surface area (Å²) in [6.45, 7) is 1.69. The number of halogens is 3. The van der Waals surface area contributed by atoms with Crippen LogP contribution in [0.1, 0.15) is 21.5 Å². The van der Waals surface area contributed by atoms with Crippen LogP contribution in [0.4, 0.5) is 13.2 Å². The van der Waals surface area contributed by atoms with Crippen molar-refractivity contribution in [1.82, 2.24) is 4.90 Å². The molecule has 7 heteroatoms. The van der Waals surface area contributed by atoms with E-state index in [1.165, 1.54) is 36.1 Å². The Morgan fingerprint density at radius 1 is 1.21 bits per heavy atom. The molecule has 128 valence electrons. The molecule has 1 amide bonds. The van der Waals surface area contributed by atoms with Crippen LogP contribution < -0.4 is 4.74 Å². The van der Waals surface area contributed by atoms with Gasteiger partial charge in [-0.05, 0) is 48.4 Å². The van der Waals surface area contributed by atoms with Crippen molar-refractivity contribution in [2.45, 2.75) is 19.8 Å². The maximum absolute atomic E-state index is 12.4. The molecule has 2 aromatic carbocycles. The molecule has 0 aliphatic carbocycles. The summed E-state index contributed by atoms with van der Waals surface area (Å²) in [6, 6.07) is 10.2. The van der Waals surface area contributed by atoms with Crippen molar-refractivity contribution in [2.24, 2.45) is 0 Å². The third kappa shape index (κ3) is 4.65. The van der Waals surface area contributed by atoms with E-state index in [4.69, 9.17) is 0 Å². The van der Waals surface area contributed by atoms with Crippen molar-refractivity contribution < 1.29 is 27.8 Å². The molecular formula is C17H16F3NO3. The maximum atomic E-state index is 12.4. The minimum absolute atomic E-state index is 0.0952. The predicted molar refractivity (Wildman–Crippen MR) is 81.8 cm³/mol. The first-order chi connectivity index (χ1) is 11.2. The number of ether oxygens (including phenoxy) is 1. The summed E-state index contributed by atoms with van der Waals surface area (Å²) in [5, 5.41) is 9.43. The Morgan fingerprint density at radius 3 is 2.50 bits per heavy atom. The summed E-state index contributed by atoms with van der Waals surface area (Å²) in [7, 11) is 1.57. The van der Waals surface area contributed by atoms with Crippen molar-refractivity contribution in [2.75, 3.05) is 7.05 Å². The lowest BCUT2D eigenvalue weighted by atomic mass is 10.1. The van der Waals surface area contributed by atoms with Crippen LogP contribution in [-0.2, 0) is 6.54 Å². The van der Waals surface area contributed by atoms with Crippen LogP contribution in [-0.4, -0.2) is 29.3 Å². The fourth-order valence-corrected chi connectivity index (χ4v) is 2.24. The fourth-order valence-electron chi connectivity index (χ4n) is 2.24. The molecule has 0 aliphatic heterocycles. The van der Waals surface area contributed by atoms with Gasteiger partial charge in [0.25, 0.3) is 5.91 Å². The van der Waals surface area contributed by atoms with Crippen LogP contribution in [0.5, 0.6) is 11.5 Å². The van der Waals surface area contributed by atoms with Gasteiger partial charge in [-0.15, -0.1) is 13.2 Å². The molecule has 0 saturated carbocycles. The molecule has 0 radical (unpaired) electrons. The summed E-state index contributed by atoms with van der Waals surface area (Å²) in [6.07, 6.45) is -4.78. The number of benzene rings is 2. The standard InChI is InChI=1S/C17H16F3NO3/c1-11-8-13(6-7-15(11)24-17(18,19)20)16(23)21(2)10-12-4-3-5-14(22)9-12/h3-9,22H,10H2,1-2H3. The predicted octanol–water partition coefficient (Wildman–Crippen LogP) is 3.87. The number of nitrogens with zero attached hydrogens (tertiary/aromatic N) is 1. The Bertz CT molecular complexity index is 744. The molecule has 1 N–H and O–H groups in total. The van der Waals surface area contributed by atoms with E-state index < -0.39 is 6.36 Å². The van der Waals surface area contributed by atoms with Gasteiger partial charge in [0, 0.05) is 19.2 Å². The van der Waals surface area contributed by atoms with Gasteiger partial charge >= 0.3 is 6.36 Å². The maximum Gasteiger partial charge on any atom is 0.573 e. The topological polar surface area (TPSA) is 49.8 Å². The molecular weight excluding hydrogens is 323 g/mol. The van der Waals surface area contributed by atoms with Gasteiger partial charge in [-0.2, -0.15) is 0 Å². The Hall–Kier alpha value is -2.70. The number of phenolic OH excluding ortho intramolecular Hbond substituents is 1. The second-order valence-electron chi connectivity index (χ2n) is 5.36. The molecule has 2 aromatic rings. The van der Waals surface area contributed by atoms with Gasteiger partial charge in [0.1, 0.15) is 11.5 Å². The Morgan fingerprint density at radius 2 is 1.92 bits per heavy atom. The summed E-state index contributed by atoms with van der Waals surface area (Å²) < 4.78 is 40.7. The van der Waals surface area contributed by atoms with Crippen LogP contribution in [0.25, 0.3) is 0 Å². The van der Waals surface area contributed by atoms with Crippen LogP contribution in [0, 0.1) is 6.92 Å². The quantitative estimate of drug-likeness (QED) is 0.920. The van der Waals surface area contributed by atoms with E-state index in [9.17, 15) is 23.1 Å². The zero-order chi connectivity index (χ0) is 17.9. The molecule has 24 heavy (non-hydrogen) atoms. The lowest BCUT2D eigenvalue weighted by Crippen LogP contribution is -2.26. The van der Waals surface area contributed by atoms with Crippen LogP contribution in [0.15, 0.2) is 42.5 Å². The largest absolute Gasteiger partial charge is 0.573 e. The molecule has 0 aliphatic rings. The van der Waals surface area contributed by atoms with Crippen molar-refractivity contribution >= 4 is 5.91 Å². The van der Waals surface area contributed by atoms with Crippen molar-refractivity contribution in [3.63, 3.8) is 0 Å². The van der Waals surface area contributed by atoms with Gasteiger partial charge in [-0.1, -0.05) is 12.1 Å². The Labute approximate surface area is 137 Å². The normalized spacial score (nSPS) is 11.2. The number of rotatable bonds is 4. The molecule has 0 spiro atoms. The molecule has 0 unspecified atom stereocenters. The SMILES string of the molecule is Cc1cc(C(=O)N(C)Cc2cccc(O)c2)ccc1OC(F)(F)F. The third-order valence-electron chi connectivity index (χ3n) is 3.32. The van der Waals surface area contributed by atoms with Gasteiger partial charge in [-0.3, -0.25) is 4.79 Å². The zero-order valence-corrected chi connectivity index (χ0v) is 13.1. The highest BCUT2D eigenvalue weighted by atomic mass is 19.4. The highest BCUT2D eigenvalue weighted by molar-refractivity contribution is 5.94. The highest BCUT2D eigenvalue weighted by Crippen LogP contribution is 2.27. The summed E-state index contributed by atoms with van der Waals surface area (Å²) in [5.74, 6) is -0.590. The number of carbonyl (C=O) groups excluding carboxylic acids is 1. The van der Waals surface area contributed by atoms with Crippen molar-refractivity contribution in [1.29, 1.82) is 0 Å². The van der Waals surface area contributed by atoms with Gasteiger partial charge < -0.3 is 14.7 Å². The summed E-state index contributed by atoms with van der Waals surface area (Å²) in [4.78, 5) is 13.8. The number of hydrogen-bond donors (Lipinski definition) is 1. The van der Waals surface area contributed by atoms with E-state index in [0.717, 1.165) is 11.6 Å². The van der Waals surface area contributed by atoms with Crippen LogP contribution in [0.2, 0.25) is 0 Å². The minimum atomic E-state index is -4.78. The lowest BCUT2D eigenvalue weighted by molar-refractivity contribution is -0.274. The first-order valence-electron chi connectivity index (χ1n) is 7.05. The van der Waals surface area contributed by atoms with E-state index in [1.54, 1.807) is 19.2 Å². The summed E-state index contributed by atoms with van der Waals surface area (Å²) >= 11 is 0. The molecule has 2 rings (SSSR count). The number of hydrogen-bond acceptors (Lipinski definition) is 3. The Balaban J connectivity index is 2.13. The van der Waals surface area contributed by atoms with Crippen LogP contribution in [0.3, 0.4) is 0 Å². The van der Waals surface area contributed by atoms with Gasteiger partial charge in [0.2, 0.25) is 0 Å². The fraction of sp³-hybridized carbons (Fsp3) is 0.235. The van der Waals surface area contributed by atoms with Crippen LogP contribution >= 0.6 is 0 Å². The molecule has 0 heterocycles. The van der Waals surface area contributed by atoms with Gasteiger partial charge in [0.05, 0.1) is 0 Å². The summed E-state index contributed by atoms with van der Waals surface area (Å²) in [5.41, 5.74) is 1.20. The number of aryl methyl sites for hydroxylation is 1. The molecule has 0 aromatic heterocycles. The number of carbonyl (C=O) groups is 1. The zero-order valence-electron chi connectivity index (χ0n) is 13.1. The second-order valence-corrected chi connectivity index (χ2v) is 5.36. The van der Waals surface area contributed by atoms with E-state index >= 15 is 0 Å². The number of aromatic hydroxyl groups is 1. The van der Waals surface area contributed by atoms with E-state index in [-0.39, 0.29) is 35.1 Å². The first-order valence-corrected chi connectivity index (χ1v) is 7.05. The molecule has 4 nitrogen and oxygen atoms in total. The molecule has 0 saturated heterocycles. The van der Waals surface area contributed by atoms with E-state index in [0.29, 0.717) is 0 Å². The molecule has 0 bridgehead atoms. The smallest absolute Gasteiger partial charge is 0.508 e. The van der Waals surface area contributed by atoms with Crippen molar-refractivity contribution in [3.8, 4) is 11.5 Å². The average Bonchev–Trinajstić information content (AvgIpc) is 2.47. The number of phenols is 1. The molecule has 0 fully saturated rings. The first kappa shape index (κ1) is 17.7. The Kier molecular flexibility index (Phi) is 5.02.